The summed E-state index contributed by atoms with van der Waals surface area (Å²) in [4.78, 5) is 0. The molecule has 1 unspecified atom stereocenters. The summed E-state index contributed by atoms with van der Waals surface area (Å²) >= 11 is 0. The Morgan fingerprint density at radius 3 is 2.22 bits per heavy atom. The minimum Gasteiger partial charge on any atom is -0.393 e. The van der Waals surface area contributed by atoms with Crippen LogP contribution in [0.4, 0.5) is 0 Å². The summed E-state index contributed by atoms with van der Waals surface area (Å²) in [7, 11) is 0. The molecule has 0 aliphatic carbocycles. The van der Waals surface area contributed by atoms with Crippen LogP contribution in [0, 0.1) is 0 Å². The second-order valence-corrected chi connectivity index (χ2v) is 2.20. The Kier molecular flexibility index (Phi) is 12.0. The van der Waals surface area contributed by atoms with Crippen molar-refractivity contribution in [3.05, 3.63) is 0 Å². The molecule has 2 heteroatoms. The van der Waals surface area contributed by atoms with Crippen molar-refractivity contribution in [2.24, 2.45) is 0 Å². The molecule has 0 spiro atoms. The standard InChI is InChI=1S/C7H16O.Mg.2H/c1-3-5-6-7(8)4-2;;;/h7-8H,3-6H2,1-2H3;;;. The first kappa shape index (κ1) is 12.4. The Balaban J connectivity index is 0. The van der Waals surface area contributed by atoms with Gasteiger partial charge in [-0.15, -0.1) is 0 Å². The van der Waals surface area contributed by atoms with Gasteiger partial charge in [0.25, 0.3) is 0 Å². The second kappa shape index (κ2) is 8.73. The third-order valence-corrected chi connectivity index (χ3v) is 1.36. The molecule has 54 valence electrons. The predicted octanol–water partition coefficient (Wildman–Crippen LogP) is 1.03. The van der Waals surface area contributed by atoms with E-state index in [1.54, 1.807) is 0 Å². The van der Waals surface area contributed by atoms with Crippen LogP contribution in [0.3, 0.4) is 0 Å². The number of hydrogen-bond acceptors (Lipinski definition) is 1. The normalized spacial score (nSPS) is 12.3. The molecule has 1 N–H and O–H groups in total. The van der Waals surface area contributed by atoms with Crippen molar-refractivity contribution in [2.45, 2.75) is 45.6 Å². The lowest BCUT2D eigenvalue weighted by molar-refractivity contribution is 0.157. The lowest BCUT2D eigenvalue weighted by atomic mass is 10.1. The third kappa shape index (κ3) is 8.73. The smallest absolute Gasteiger partial charge is 0.316 e. The molecule has 0 fully saturated rings. The summed E-state index contributed by atoms with van der Waals surface area (Å²) in [6, 6.07) is 0. The average Bonchev–Trinajstić information content (AvgIpc) is 1.83. The van der Waals surface area contributed by atoms with Gasteiger partial charge in [0, 0.05) is 0 Å². The van der Waals surface area contributed by atoms with Gasteiger partial charge in [0.05, 0.1) is 6.10 Å². The summed E-state index contributed by atoms with van der Waals surface area (Å²) in [5.74, 6) is 0. The Morgan fingerprint density at radius 1 is 1.33 bits per heavy atom. The number of unbranched alkanes of at least 4 members (excludes halogenated alkanes) is 1. The van der Waals surface area contributed by atoms with Gasteiger partial charge in [-0.25, -0.2) is 0 Å². The van der Waals surface area contributed by atoms with Crippen molar-refractivity contribution in [2.75, 3.05) is 0 Å². The molecular weight excluding hydrogens is 124 g/mol. The van der Waals surface area contributed by atoms with E-state index < -0.39 is 0 Å². The number of aliphatic hydroxyl groups excluding tert-OH is 1. The number of aliphatic hydroxyl groups is 1. The SMILES string of the molecule is CCCCC(O)CC.[MgH2]. The fourth-order valence-corrected chi connectivity index (χ4v) is 0.644. The lowest BCUT2D eigenvalue weighted by Crippen LogP contribution is -2.02. The quantitative estimate of drug-likeness (QED) is 0.582. The summed E-state index contributed by atoms with van der Waals surface area (Å²) in [5, 5.41) is 8.99. The summed E-state index contributed by atoms with van der Waals surface area (Å²) in [6.45, 7) is 4.16. The molecule has 0 aliphatic heterocycles. The zero-order chi connectivity index (χ0) is 6.41. The molecule has 1 atom stereocenters. The minimum atomic E-state index is -0.0463. The number of rotatable bonds is 4. The van der Waals surface area contributed by atoms with Gasteiger partial charge in [0.1, 0.15) is 0 Å². The van der Waals surface area contributed by atoms with Crippen LogP contribution in [-0.4, -0.2) is 34.3 Å². The van der Waals surface area contributed by atoms with Crippen LogP contribution in [0.5, 0.6) is 0 Å². The molecule has 9 heavy (non-hydrogen) atoms. The van der Waals surface area contributed by atoms with Gasteiger partial charge in [-0.1, -0.05) is 26.7 Å². The van der Waals surface area contributed by atoms with Crippen LogP contribution in [0.25, 0.3) is 0 Å². The molecule has 0 rings (SSSR count). The number of hydrogen-bond donors (Lipinski definition) is 1. The molecule has 0 aromatic rings. The first-order valence-electron chi connectivity index (χ1n) is 3.49. The molecule has 0 bridgehead atoms. The highest BCUT2D eigenvalue weighted by Gasteiger charge is 1.96. The Hall–Kier alpha value is 0.726. The maximum Gasteiger partial charge on any atom is 0.316 e. The van der Waals surface area contributed by atoms with Gasteiger partial charge < -0.3 is 5.11 Å². The summed E-state index contributed by atoms with van der Waals surface area (Å²) < 4.78 is 0. The van der Waals surface area contributed by atoms with Gasteiger partial charge in [-0.05, 0) is 12.8 Å². The maximum atomic E-state index is 8.99. The Labute approximate surface area is 74.0 Å². The second-order valence-electron chi connectivity index (χ2n) is 2.20. The van der Waals surface area contributed by atoms with Crippen molar-refractivity contribution in [3.63, 3.8) is 0 Å². The lowest BCUT2D eigenvalue weighted by Gasteiger charge is -2.03. The van der Waals surface area contributed by atoms with E-state index in [1.807, 2.05) is 6.92 Å². The van der Waals surface area contributed by atoms with E-state index >= 15 is 0 Å². The van der Waals surface area contributed by atoms with E-state index in [9.17, 15) is 0 Å². The largest absolute Gasteiger partial charge is 0.393 e. The van der Waals surface area contributed by atoms with Gasteiger partial charge >= 0.3 is 23.1 Å². The molecule has 0 saturated heterocycles. The average molecular weight is 143 g/mol. The summed E-state index contributed by atoms with van der Waals surface area (Å²) in [6.07, 6.45) is 4.19. The molecule has 0 saturated carbocycles. The summed E-state index contributed by atoms with van der Waals surface area (Å²) in [5.41, 5.74) is 0. The van der Waals surface area contributed by atoms with E-state index in [4.69, 9.17) is 5.11 Å². The van der Waals surface area contributed by atoms with Crippen LogP contribution in [-0.2, 0) is 0 Å². The van der Waals surface area contributed by atoms with Crippen molar-refractivity contribution >= 4 is 23.1 Å². The minimum absolute atomic E-state index is 0. The van der Waals surface area contributed by atoms with Gasteiger partial charge in [-0.2, -0.15) is 0 Å². The molecule has 0 radical (unpaired) electrons. The monoisotopic (exact) mass is 142 g/mol. The van der Waals surface area contributed by atoms with E-state index in [2.05, 4.69) is 6.92 Å². The predicted molar refractivity (Wildman–Crippen MR) is 44.4 cm³/mol. The van der Waals surface area contributed by atoms with Crippen LogP contribution in [0.15, 0.2) is 0 Å². The topological polar surface area (TPSA) is 20.2 Å². The maximum absolute atomic E-state index is 8.99. The molecule has 0 aliphatic rings. The van der Waals surface area contributed by atoms with Crippen LogP contribution in [0.2, 0.25) is 0 Å². The zero-order valence-corrected chi connectivity index (χ0v) is 5.85. The zero-order valence-electron chi connectivity index (χ0n) is 5.85. The Bertz CT molecular complexity index is 48.2. The third-order valence-electron chi connectivity index (χ3n) is 1.36. The van der Waals surface area contributed by atoms with Gasteiger partial charge in [0.15, 0.2) is 0 Å². The first-order valence-corrected chi connectivity index (χ1v) is 3.49. The molecule has 0 amide bonds. The van der Waals surface area contributed by atoms with E-state index in [0.29, 0.717) is 0 Å². The van der Waals surface area contributed by atoms with E-state index in [0.717, 1.165) is 19.3 Å². The molecule has 1 nitrogen and oxygen atoms in total. The van der Waals surface area contributed by atoms with Crippen molar-refractivity contribution < 1.29 is 5.11 Å². The molecule has 0 aromatic heterocycles. The van der Waals surface area contributed by atoms with Crippen molar-refractivity contribution in [1.82, 2.24) is 0 Å². The van der Waals surface area contributed by atoms with E-state index in [1.165, 1.54) is 6.42 Å². The van der Waals surface area contributed by atoms with Gasteiger partial charge in [0.2, 0.25) is 0 Å². The highest BCUT2D eigenvalue weighted by atomic mass is 24.3. The van der Waals surface area contributed by atoms with E-state index in [-0.39, 0.29) is 29.2 Å². The molecule has 0 aromatic carbocycles. The fourth-order valence-electron chi connectivity index (χ4n) is 0.644. The fraction of sp³-hybridized carbons (Fsp3) is 1.00. The van der Waals surface area contributed by atoms with Gasteiger partial charge in [-0.3, -0.25) is 0 Å². The van der Waals surface area contributed by atoms with Crippen LogP contribution >= 0.6 is 0 Å². The highest BCUT2D eigenvalue weighted by Crippen LogP contribution is 2.02. The van der Waals surface area contributed by atoms with Crippen molar-refractivity contribution in [1.29, 1.82) is 0 Å². The molecule has 0 heterocycles. The van der Waals surface area contributed by atoms with Crippen molar-refractivity contribution in [3.8, 4) is 0 Å². The first-order chi connectivity index (χ1) is 3.81. The van der Waals surface area contributed by atoms with Crippen LogP contribution < -0.4 is 0 Å². The van der Waals surface area contributed by atoms with Crippen LogP contribution in [0.1, 0.15) is 39.5 Å². The molecular formula is C7H18MgO. The highest BCUT2D eigenvalue weighted by molar-refractivity contribution is 5.75. The Morgan fingerprint density at radius 2 is 1.89 bits per heavy atom.